The number of aliphatic hydroxyl groups excluding tert-OH is 1. The summed E-state index contributed by atoms with van der Waals surface area (Å²) in [5, 5.41) is 20.7. The Kier molecular flexibility index (Phi) is 7.02. The van der Waals surface area contributed by atoms with Gasteiger partial charge >= 0.3 is 0 Å². The highest BCUT2D eigenvalue weighted by Gasteiger charge is 2.19. The van der Waals surface area contributed by atoms with E-state index in [2.05, 4.69) is 9.89 Å². The molecule has 0 aliphatic carbocycles. The molecule has 1 saturated heterocycles. The molecule has 0 spiro atoms. The lowest BCUT2D eigenvalue weighted by Crippen LogP contribution is -2.51. The van der Waals surface area contributed by atoms with E-state index in [1.807, 2.05) is 4.90 Å². The van der Waals surface area contributed by atoms with E-state index in [4.69, 9.17) is 10.5 Å². The molecule has 160 valence electrons. The monoisotopic (exact) mass is 417 g/mol. The maximum absolute atomic E-state index is 13.1. The van der Waals surface area contributed by atoms with Gasteiger partial charge in [0, 0.05) is 44.0 Å². The number of piperazine rings is 1. The number of hydrogen-bond acceptors (Lipinski definition) is 6. The zero-order chi connectivity index (χ0) is 21.5. The van der Waals surface area contributed by atoms with E-state index in [0.717, 1.165) is 18.8 Å². The average Bonchev–Trinajstić information content (AvgIpc) is 2.77. The van der Waals surface area contributed by atoms with Crippen molar-refractivity contribution < 1.29 is 19.2 Å². The van der Waals surface area contributed by atoms with Gasteiger partial charge in [0.25, 0.3) is 5.69 Å². The highest BCUT2D eigenvalue weighted by molar-refractivity contribution is 5.78. The van der Waals surface area contributed by atoms with E-state index in [9.17, 15) is 19.6 Å². The van der Waals surface area contributed by atoms with Crippen molar-refractivity contribution in [3.63, 3.8) is 0 Å². The topological polar surface area (TPSA) is 117 Å². The number of rotatable bonds is 7. The highest BCUT2D eigenvalue weighted by Crippen LogP contribution is 2.18. The van der Waals surface area contributed by atoms with Crippen molar-refractivity contribution >= 4 is 17.3 Å². The van der Waals surface area contributed by atoms with E-state index in [1.165, 1.54) is 36.4 Å². The first-order valence-corrected chi connectivity index (χ1v) is 9.53. The standard InChI is InChI=1S/C20H24FN5O4/c21-15-1-3-16(4-2-15)24-9-11-25(12-10-24)20(22)23-13-18(27)14-30-19-7-5-17(6-8-19)26(28)29/h1-8,18,27H,9-14H2,(H2,22,23). The van der Waals surface area contributed by atoms with Gasteiger partial charge in [-0.05, 0) is 36.4 Å². The largest absolute Gasteiger partial charge is 0.491 e. The first-order chi connectivity index (χ1) is 14.4. The second-order valence-electron chi connectivity index (χ2n) is 6.87. The van der Waals surface area contributed by atoms with Gasteiger partial charge in [0.05, 0.1) is 11.5 Å². The minimum atomic E-state index is -0.862. The van der Waals surface area contributed by atoms with Crippen LogP contribution in [-0.2, 0) is 0 Å². The number of halogens is 1. The Labute approximate surface area is 173 Å². The van der Waals surface area contributed by atoms with Crippen LogP contribution in [0.2, 0.25) is 0 Å². The van der Waals surface area contributed by atoms with Crippen LogP contribution in [0.25, 0.3) is 0 Å². The summed E-state index contributed by atoms with van der Waals surface area (Å²) in [7, 11) is 0. The van der Waals surface area contributed by atoms with Crippen LogP contribution < -0.4 is 15.4 Å². The summed E-state index contributed by atoms with van der Waals surface area (Å²) in [6, 6.07) is 12.0. The molecular formula is C20H24FN5O4. The number of anilines is 1. The van der Waals surface area contributed by atoms with Crippen molar-refractivity contribution in [3.8, 4) is 5.75 Å². The zero-order valence-electron chi connectivity index (χ0n) is 16.4. The van der Waals surface area contributed by atoms with Gasteiger partial charge < -0.3 is 25.4 Å². The molecule has 0 amide bonds. The number of non-ortho nitro benzene ring substituents is 1. The number of benzene rings is 2. The fourth-order valence-corrected chi connectivity index (χ4v) is 3.05. The lowest BCUT2D eigenvalue weighted by Gasteiger charge is -2.36. The maximum Gasteiger partial charge on any atom is 0.269 e. The minimum Gasteiger partial charge on any atom is -0.491 e. The molecule has 0 bridgehead atoms. The van der Waals surface area contributed by atoms with Crippen LogP contribution in [0, 0.1) is 15.9 Å². The van der Waals surface area contributed by atoms with E-state index in [-0.39, 0.29) is 24.7 Å². The Morgan fingerprint density at radius 1 is 1.17 bits per heavy atom. The summed E-state index contributed by atoms with van der Waals surface area (Å²) in [5.74, 6) is 0.515. The third-order valence-corrected chi connectivity index (χ3v) is 4.75. The summed E-state index contributed by atoms with van der Waals surface area (Å²) in [6.45, 7) is 2.87. The van der Waals surface area contributed by atoms with Gasteiger partial charge in [-0.2, -0.15) is 0 Å². The van der Waals surface area contributed by atoms with E-state index in [0.29, 0.717) is 24.8 Å². The fourth-order valence-electron chi connectivity index (χ4n) is 3.05. The van der Waals surface area contributed by atoms with Gasteiger partial charge in [-0.15, -0.1) is 0 Å². The molecule has 3 N–H and O–H groups in total. The Balaban J connectivity index is 1.42. The molecule has 0 saturated carbocycles. The van der Waals surface area contributed by atoms with Crippen LogP contribution in [-0.4, -0.2) is 66.3 Å². The van der Waals surface area contributed by atoms with Gasteiger partial charge in [0.2, 0.25) is 0 Å². The van der Waals surface area contributed by atoms with Crippen molar-refractivity contribution in [1.82, 2.24) is 4.90 Å². The van der Waals surface area contributed by atoms with Gasteiger partial charge in [-0.1, -0.05) is 0 Å². The maximum atomic E-state index is 13.1. The van der Waals surface area contributed by atoms with Crippen molar-refractivity contribution in [1.29, 1.82) is 0 Å². The van der Waals surface area contributed by atoms with Crippen molar-refractivity contribution in [3.05, 3.63) is 64.5 Å². The third-order valence-electron chi connectivity index (χ3n) is 4.75. The van der Waals surface area contributed by atoms with E-state index < -0.39 is 11.0 Å². The summed E-state index contributed by atoms with van der Waals surface area (Å²) < 4.78 is 18.5. The minimum absolute atomic E-state index is 0.00701. The number of guanidine groups is 1. The predicted octanol–water partition coefficient (Wildman–Crippen LogP) is 1.61. The van der Waals surface area contributed by atoms with Crippen molar-refractivity contribution in [2.45, 2.75) is 6.10 Å². The average molecular weight is 417 g/mol. The smallest absolute Gasteiger partial charge is 0.269 e. The van der Waals surface area contributed by atoms with Crippen LogP contribution in [0.4, 0.5) is 15.8 Å². The second-order valence-corrected chi connectivity index (χ2v) is 6.87. The lowest BCUT2D eigenvalue weighted by molar-refractivity contribution is -0.384. The van der Waals surface area contributed by atoms with E-state index >= 15 is 0 Å². The molecular weight excluding hydrogens is 393 g/mol. The summed E-state index contributed by atoms with van der Waals surface area (Å²) in [6.07, 6.45) is -0.862. The van der Waals surface area contributed by atoms with E-state index in [1.54, 1.807) is 12.1 Å². The molecule has 0 radical (unpaired) electrons. The number of nitrogens with two attached hydrogens (primary N) is 1. The Morgan fingerprint density at radius 2 is 1.80 bits per heavy atom. The first-order valence-electron chi connectivity index (χ1n) is 9.53. The number of ether oxygens (including phenoxy) is 1. The molecule has 30 heavy (non-hydrogen) atoms. The number of nitro groups is 1. The Bertz CT molecular complexity index is 868. The molecule has 2 aromatic rings. The molecule has 1 aliphatic heterocycles. The lowest BCUT2D eigenvalue weighted by atomic mass is 10.2. The number of nitro benzene ring substituents is 1. The number of nitrogens with zero attached hydrogens (tertiary/aromatic N) is 4. The molecule has 1 fully saturated rings. The molecule has 1 aliphatic rings. The Hall–Kier alpha value is -3.40. The normalized spacial score (nSPS) is 15.7. The van der Waals surface area contributed by atoms with Crippen LogP contribution >= 0.6 is 0 Å². The summed E-state index contributed by atoms with van der Waals surface area (Å²) in [4.78, 5) is 18.5. The van der Waals surface area contributed by atoms with Crippen LogP contribution in [0.1, 0.15) is 0 Å². The third kappa shape index (κ3) is 5.80. The number of aliphatic imine (C=N–C) groups is 1. The number of aliphatic hydroxyl groups is 1. The zero-order valence-corrected chi connectivity index (χ0v) is 16.4. The SMILES string of the molecule is NC(=NCC(O)COc1ccc([N+](=O)[O-])cc1)N1CCN(c2ccc(F)cc2)CC1. The van der Waals surface area contributed by atoms with Crippen molar-refractivity contribution in [2.24, 2.45) is 10.7 Å². The molecule has 1 heterocycles. The van der Waals surface area contributed by atoms with Gasteiger partial charge in [-0.3, -0.25) is 15.1 Å². The molecule has 3 rings (SSSR count). The second kappa shape index (κ2) is 9.88. The van der Waals surface area contributed by atoms with Gasteiger partial charge in [0.1, 0.15) is 24.3 Å². The summed E-state index contributed by atoms with van der Waals surface area (Å²) in [5.41, 5.74) is 6.98. The predicted molar refractivity (Wildman–Crippen MR) is 111 cm³/mol. The molecule has 2 aromatic carbocycles. The van der Waals surface area contributed by atoms with Gasteiger partial charge in [-0.25, -0.2) is 4.39 Å². The van der Waals surface area contributed by atoms with Crippen LogP contribution in [0.15, 0.2) is 53.5 Å². The van der Waals surface area contributed by atoms with Gasteiger partial charge in [0.15, 0.2) is 5.96 Å². The Morgan fingerprint density at radius 3 is 2.40 bits per heavy atom. The first kappa shape index (κ1) is 21.3. The quantitative estimate of drug-likeness (QED) is 0.304. The fraction of sp³-hybridized carbons (Fsp3) is 0.350. The number of hydrogen-bond donors (Lipinski definition) is 2. The van der Waals surface area contributed by atoms with Crippen molar-refractivity contribution in [2.75, 3.05) is 44.2 Å². The van der Waals surface area contributed by atoms with Crippen LogP contribution in [0.5, 0.6) is 5.75 Å². The molecule has 1 atom stereocenters. The summed E-state index contributed by atoms with van der Waals surface area (Å²) >= 11 is 0. The molecule has 9 nitrogen and oxygen atoms in total. The molecule has 10 heteroatoms. The highest BCUT2D eigenvalue weighted by atomic mass is 19.1. The van der Waals surface area contributed by atoms with Crippen LogP contribution in [0.3, 0.4) is 0 Å². The molecule has 0 aromatic heterocycles. The molecule has 1 unspecified atom stereocenters.